The first kappa shape index (κ1) is 17.4. The Hall–Kier alpha value is -2.71. The van der Waals surface area contributed by atoms with E-state index in [-0.39, 0.29) is 11.6 Å². The van der Waals surface area contributed by atoms with Gasteiger partial charge in [0.15, 0.2) is 0 Å². The van der Waals surface area contributed by atoms with Crippen molar-refractivity contribution in [2.45, 2.75) is 12.2 Å². The summed E-state index contributed by atoms with van der Waals surface area (Å²) in [6.07, 6.45) is -2.64. The summed E-state index contributed by atoms with van der Waals surface area (Å²) in [6.45, 7) is 0.974. The molecule has 0 unspecified atom stereocenters. The van der Waals surface area contributed by atoms with Gasteiger partial charge in [-0.25, -0.2) is 4.98 Å². The molecular weight excluding hydrogens is 393 g/mol. The Balaban J connectivity index is 1.63. The molecule has 0 radical (unpaired) electrons. The Morgan fingerprint density at radius 3 is 2.71 bits per heavy atom. The number of hydrogen-bond acceptors (Lipinski definition) is 3. The van der Waals surface area contributed by atoms with Gasteiger partial charge in [-0.15, -0.1) is 0 Å². The number of nitrogens with zero attached hydrogens (tertiary/aromatic N) is 2. The van der Waals surface area contributed by atoms with E-state index < -0.39 is 11.7 Å². The molecule has 0 saturated carbocycles. The van der Waals surface area contributed by atoms with E-state index in [9.17, 15) is 13.2 Å². The van der Waals surface area contributed by atoms with Gasteiger partial charge >= 0.3 is 6.18 Å². The van der Waals surface area contributed by atoms with Gasteiger partial charge in [-0.3, -0.25) is 0 Å². The van der Waals surface area contributed by atoms with E-state index in [0.29, 0.717) is 29.7 Å². The first-order chi connectivity index (χ1) is 13.4. The molecule has 5 rings (SSSR count). The summed E-state index contributed by atoms with van der Waals surface area (Å²) in [5.74, 6) is 0.462. The standard InChI is InChI=1S/C19H14ClF3N4O/c20-11-2-3-14-13(6-11)16(7-24-14)26-18-25-15-5-10(19(21,22)23)1-4-17(15)27(18)12-8-28-9-12/h1-7,12,24H,8-9H2,(H,25,26). The predicted molar refractivity (Wildman–Crippen MR) is 101 cm³/mol. The number of anilines is 2. The van der Waals surface area contributed by atoms with E-state index >= 15 is 0 Å². The maximum Gasteiger partial charge on any atom is 0.416 e. The van der Waals surface area contributed by atoms with Crippen molar-refractivity contribution in [3.8, 4) is 0 Å². The number of benzene rings is 2. The summed E-state index contributed by atoms with van der Waals surface area (Å²) < 4.78 is 46.4. The summed E-state index contributed by atoms with van der Waals surface area (Å²) in [5, 5.41) is 4.70. The number of alkyl halides is 3. The van der Waals surface area contributed by atoms with Gasteiger partial charge in [0, 0.05) is 22.1 Å². The number of imidazole rings is 1. The molecule has 2 N–H and O–H groups in total. The normalized spacial score (nSPS) is 15.3. The average molecular weight is 407 g/mol. The molecule has 5 nitrogen and oxygen atoms in total. The summed E-state index contributed by atoms with van der Waals surface area (Å²) in [5.41, 5.74) is 1.81. The summed E-state index contributed by atoms with van der Waals surface area (Å²) in [4.78, 5) is 7.59. The lowest BCUT2D eigenvalue weighted by Crippen LogP contribution is -2.31. The monoisotopic (exact) mass is 406 g/mol. The molecule has 1 aliphatic heterocycles. The van der Waals surface area contributed by atoms with Crippen LogP contribution in [0.4, 0.5) is 24.8 Å². The number of halogens is 4. The zero-order valence-electron chi connectivity index (χ0n) is 14.3. The molecule has 0 amide bonds. The predicted octanol–water partition coefficient (Wildman–Crippen LogP) is 5.50. The van der Waals surface area contributed by atoms with Crippen molar-refractivity contribution in [3.05, 3.63) is 53.2 Å². The second-order valence-corrected chi connectivity index (χ2v) is 7.15. The maximum absolute atomic E-state index is 13.1. The molecule has 1 aliphatic rings. The van der Waals surface area contributed by atoms with Crippen molar-refractivity contribution >= 4 is 45.2 Å². The third kappa shape index (κ3) is 2.80. The molecule has 4 aromatic rings. The highest BCUT2D eigenvalue weighted by atomic mass is 35.5. The number of nitrogens with one attached hydrogen (secondary N) is 2. The van der Waals surface area contributed by atoms with Gasteiger partial charge in [0.25, 0.3) is 0 Å². The SMILES string of the molecule is FC(F)(F)c1ccc2c(c1)nc(Nc1c[nH]c3ccc(Cl)cc13)n2C1COC1. The molecule has 3 heterocycles. The number of rotatable bonds is 3. The first-order valence-corrected chi connectivity index (χ1v) is 8.98. The Labute approximate surface area is 162 Å². The number of aromatic amines is 1. The molecule has 9 heteroatoms. The topological polar surface area (TPSA) is 54.9 Å². The molecule has 144 valence electrons. The van der Waals surface area contributed by atoms with E-state index in [1.165, 1.54) is 6.07 Å². The molecule has 0 spiro atoms. The van der Waals surface area contributed by atoms with E-state index in [1.54, 1.807) is 12.3 Å². The Bertz CT molecular complexity index is 1190. The lowest BCUT2D eigenvalue weighted by atomic mass is 10.2. The Kier molecular flexibility index (Phi) is 3.82. The zero-order valence-corrected chi connectivity index (χ0v) is 15.1. The van der Waals surface area contributed by atoms with Gasteiger partial charge < -0.3 is 19.6 Å². The minimum absolute atomic E-state index is 0.0121. The van der Waals surface area contributed by atoms with Gasteiger partial charge in [-0.2, -0.15) is 13.2 Å². The summed E-state index contributed by atoms with van der Waals surface area (Å²) >= 11 is 6.10. The molecule has 0 aliphatic carbocycles. The van der Waals surface area contributed by atoms with E-state index in [0.717, 1.165) is 28.7 Å². The maximum atomic E-state index is 13.1. The van der Waals surface area contributed by atoms with Crippen LogP contribution in [0.3, 0.4) is 0 Å². The van der Waals surface area contributed by atoms with Gasteiger partial charge in [0.2, 0.25) is 5.95 Å². The van der Waals surface area contributed by atoms with Gasteiger partial charge in [0.05, 0.1) is 41.5 Å². The quantitative estimate of drug-likeness (QED) is 0.472. The van der Waals surface area contributed by atoms with Crippen LogP contribution in [0, 0.1) is 0 Å². The smallest absolute Gasteiger partial charge is 0.377 e. The number of H-pyrrole nitrogens is 1. The van der Waals surface area contributed by atoms with E-state index in [1.807, 2.05) is 16.7 Å². The fourth-order valence-electron chi connectivity index (χ4n) is 3.42. The number of ether oxygens (including phenoxy) is 1. The summed E-state index contributed by atoms with van der Waals surface area (Å²) in [7, 11) is 0. The highest BCUT2D eigenvalue weighted by Gasteiger charge is 2.32. The van der Waals surface area contributed by atoms with Crippen LogP contribution in [0.25, 0.3) is 21.9 Å². The molecule has 0 atom stereocenters. The van der Waals surface area contributed by atoms with Gasteiger partial charge in [-0.1, -0.05) is 11.6 Å². The minimum Gasteiger partial charge on any atom is -0.377 e. The number of hydrogen-bond donors (Lipinski definition) is 2. The molecule has 2 aromatic carbocycles. The third-order valence-corrected chi connectivity index (χ3v) is 5.13. The first-order valence-electron chi connectivity index (χ1n) is 8.61. The highest BCUT2D eigenvalue weighted by molar-refractivity contribution is 6.31. The third-order valence-electron chi connectivity index (χ3n) is 4.89. The average Bonchev–Trinajstić information content (AvgIpc) is 3.14. The molecule has 1 saturated heterocycles. The molecular formula is C19H14ClF3N4O. The Morgan fingerprint density at radius 2 is 2.00 bits per heavy atom. The van der Waals surface area contributed by atoms with Crippen molar-refractivity contribution in [2.75, 3.05) is 18.5 Å². The highest BCUT2D eigenvalue weighted by Crippen LogP contribution is 2.36. The van der Waals surface area contributed by atoms with E-state index in [2.05, 4.69) is 15.3 Å². The second-order valence-electron chi connectivity index (χ2n) is 6.72. The van der Waals surface area contributed by atoms with Crippen molar-refractivity contribution in [1.29, 1.82) is 0 Å². The van der Waals surface area contributed by atoms with Crippen LogP contribution < -0.4 is 5.32 Å². The van der Waals surface area contributed by atoms with Crippen LogP contribution in [0.1, 0.15) is 11.6 Å². The summed E-state index contributed by atoms with van der Waals surface area (Å²) in [6, 6.07) is 9.08. The fraction of sp³-hybridized carbons (Fsp3) is 0.211. The largest absolute Gasteiger partial charge is 0.416 e. The zero-order chi connectivity index (χ0) is 19.5. The Morgan fingerprint density at radius 1 is 1.18 bits per heavy atom. The van der Waals surface area contributed by atoms with Crippen molar-refractivity contribution in [1.82, 2.24) is 14.5 Å². The fourth-order valence-corrected chi connectivity index (χ4v) is 3.59. The number of fused-ring (bicyclic) bond motifs is 2. The van der Waals surface area contributed by atoms with Crippen LogP contribution in [0.5, 0.6) is 0 Å². The van der Waals surface area contributed by atoms with Crippen LogP contribution in [-0.2, 0) is 10.9 Å². The van der Waals surface area contributed by atoms with Crippen LogP contribution in [0.2, 0.25) is 5.02 Å². The van der Waals surface area contributed by atoms with Crippen LogP contribution in [-0.4, -0.2) is 27.7 Å². The van der Waals surface area contributed by atoms with Crippen LogP contribution >= 0.6 is 11.6 Å². The number of aromatic nitrogens is 3. The minimum atomic E-state index is -4.42. The van der Waals surface area contributed by atoms with E-state index in [4.69, 9.17) is 16.3 Å². The molecule has 28 heavy (non-hydrogen) atoms. The molecule has 1 fully saturated rings. The van der Waals surface area contributed by atoms with Crippen molar-refractivity contribution < 1.29 is 17.9 Å². The van der Waals surface area contributed by atoms with Crippen molar-refractivity contribution in [2.24, 2.45) is 0 Å². The van der Waals surface area contributed by atoms with Crippen LogP contribution in [0.15, 0.2) is 42.6 Å². The molecule has 2 aromatic heterocycles. The molecule has 0 bridgehead atoms. The van der Waals surface area contributed by atoms with Crippen molar-refractivity contribution in [3.63, 3.8) is 0 Å². The second kappa shape index (κ2) is 6.15. The van der Waals surface area contributed by atoms with Gasteiger partial charge in [-0.05, 0) is 36.4 Å². The van der Waals surface area contributed by atoms with Gasteiger partial charge in [0.1, 0.15) is 0 Å². The lowest BCUT2D eigenvalue weighted by molar-refractivity contribution is -0.137. The lowest BCUT2D eigenvalue weighted by Gasteiger charge is -2.29.